The predicted molar refractivity (Wildman–Crippen MR) is 146 cm³/mol. The topological polar surface area (TPSA) is 155 Å². The van der Waals surface area contributed by atoms with Crippen LogP contribution in [0.3, 0.4) is 0 Å². The Morgan fingerprint density at radius 1 is 1.03 bits per heavy atom. The van der Waals surface area contributed by atoms with Crippen molar-refractivity contribution in [1.29, 1.82) is 10.8 Å². The average molecular weight is 478 g/mol. The van der Waals surface area contributed by atoms with E-state index in [2.05, 4.69) is 10.6 Å². The Hall–Kier alpha value is -4.92. The molecule has 0 atom stereocenters. The second kappa shape index (κ2) is 9.75. The first-order chi connectivity index (χ1) is 17.6. The van der Waals surface area contributed by atoms with Crippen LogP contribution in [0.1, 0.15) is 24.8 Å². The molecule has 0 unspecified atom stereocenters. The molecule has 0 amide bonds. The predicted octanol–water partition coefficient (Wildman–Crippen LogP) is 5.09. The zero-order valence-corrected chi connectivity index (χ0v) is 19.6. The van der Waals surface area contributed by atoms with Crippen LogP contribution in [0.25, 0.3) is 16.7 Å². The number of fused-ring (bicyclic) bond motifs is 1. The van der Waals surface area contributed by atoms with Gasteiger partial charge in [0, 0.05) is 52.2 Å². The molecule has 2 aromatic heterocycles. The maximum Gasteiger partial charge on any atom is 0.160 e. The van der Waals surface area contributed by atoms with E-state index in [0.717, 1.165) is 41.5 Å². The zero-order chi connectivity index (χ0) is 25.1. The van der Waals surface area contributed by atoms with Crippen molar-refractivity contribution >= 4 is 46.3 Å². The van der Waals surface area contributed by atoms with E-state index in [9.17, 15) is 0 Å². The summed E-state index contributed by atoms with van der Waals surface area (Å²) < 4.78 is 1.80. The molecule has 0 aliphatic heterocycles. The number of rotatable bonds is 8. The van der Waals surface area contributed by atoms with Crippen molar-refractivity contribution in [3.8, 4) is 5.82 Å². The number of hydrogen-bond donors (Lipinski definition) is 6. The molecule has 1 aliphatic rings. The number of pyridine rings is 1. The molecule has 1 fully saturated rings. The van der Waals surface area contributed by atoms with Crippen LogP contribution in [0, 0.1) is 10.8 Å². The minimum absolute atomic E-state index is 0.548. The number of nitrogens with two attached hydrogens (primary N) is 2. The van der Waals surface area contributed by atoms with Gasteiger partial charge in [0.15, 0.2) is 11.6 Å². The van der Waals surface area contributed by atoms with E-state index in [-0.39, 0.29) is 0 Å². The highest BCUT2D eigenvalue weighted by Crippen LogP contribution is 2.32. The molecule has 2 heterocycles. The molecule has 8 N–H and O–H groups in total. The highest BCUT2D eigenvalue weighted by Gasteiger charge is 2.18. The van der Waals surface area contributed by atoms with Crippen LogP contribution in [0.4, 0.5) is 23.0 Å². The lowest BCUT2D eigenvalue weighted by molar-refractivity contribution is 0.654. The van der Waals surface area contributed by atoms with Gasteiger partial charge in [-0.25, -0.2) is 9.67 Å². The molecule has 0 radical (unpaired) electrons. The lowest BCUT2D eigenvalue weighted by Gasteiger charge is -2.23. The Labute approximate surface area is 208 Å². The van der Waals surface area contributed by atoms with E-state index in [1.807, 2.05) is 54.6 Å². The van der Waals surface area contributed by atoms with Crippen LogP contribution in [0.15, 0.2) is 83.7 Å². The largest absolute Gasteiger partial charge is 0.404 e. The van der Waals surface area contributed by atoms with E-state index in [0.29, 0.717) is 34.3 Å². The van der Waals surface area contributed by atoms with Crippen LogP contribution in [0.5, 0.6) is 0 Å². The first kappa shape index (κ1) is 22.9. The number of aromatic nitrogens is 3. The van der Waals surface area contributed by atoms with Crippen molar-refractivity contribution < 1.29 is 0 Å². The van der Waals surface area contributed by atoms with Crippen molar-refractivity contribution in [2.45, 2.75) is 19.3 Å². The Kier molecular flexibility index (Phi) is 6.19. The standard InChI is InChI=1S/C27H27N9/c28-14-18-13-20(11-12-22(18)31)32-27-21-7-1-2-8-23(21)36(35-27)25-10-4-9-24(33-25)34-26(17-5-3-6-17)19(15-29)16-30/h1-2,4,7-16,28-29H,3,5-6,30-31H2,(H,32,35)(H,33,34)/b19-16+,28-14?,29-15?. The summed E-state index contributed by atoms with van der Waals surface area (Å²) >= 11 is 0. The first-order valence-electron chi connectivity index (χ1n) is 11.6. The number of allylic oxidation sites excluding steroid dienone is 2. The summed E-state index contributed by atoms with van der Waals surface area (Å²) in [5.74, 6) is 1.96. The maximum absolute atomic E-state index is 7.74. The third-order valence-electron chi connectivity index (χ3n) is 6.23. The molecule has 9 nitrogen and oxygen atoms in total. The molecule has 1 saturated carbocycles. The van der Waals surface area contributed by atoms with E-state index in [1.165, 1.54) is 24.2 Å². The Morgan fingerprint density at radius 3 is 2.58 bits per heavy atom. The summed E-state index contributed by atoms with van der Waals surface area (Å²) in [7, 11) is 0. The summed E-state index contributed by atoms with van der Waals surface area (Å²) in [6.45, 7) is 0. The molecule has 0 bridgehead atoms. The normalized spacial score (nSPS) is 13.2. The van der Waals surface area contributed by atoms with Crippen molar-refractivity contribution in [3.63, 3.8) is 0 Å². The summed E-state index contributed by atoms with van der Waals surface area (Å²) in [5, 5.41) is 27.8. The van der Waals surface area contributed by atoms with Crippen LogP contribution < -0.4 is 22.1 Å². The molecule has 5 rings (SSSR count). The SMILES string of the molecule is N=C/C(=C\N)C(Nc1cccc(-n2nc(Nc3ccc(N)c(C=N)c3)c3ccccc32)n1)=C1CCC1. The van der Waals surface area contributed by atoms with E-state index in [4.69, 9.17) is 32.4 Å². The molecule has 0 spiro atoms. The van der Waals surface area contributed by atoms with Gasteiger partial charge in [-0.05, 0) is 67.3 Å². The fraction of sp³-hybridized carbons (Fsp3) is 0.111. The van der Waals surface area contributed by atoms with Gasteiger partial charge in [0.25, 0.3) is 0 Å². The van der Waals surface area contributed by atoms with Gasteiger partial charge in [-0.3, -0.25) is 0 Å². The summed E-state index contributed by atoms with van der Waals surface area (Å²) in [4.78, 5) is 4.82. The molecule has 1 aliphatic carbocycles. The second-order valence-electron chi connectivity index (χ2n) is 8.50. The van der Waals surface area contributed by atoms with Gasteiger partial charge < -0.3 is 32.9 Å². The van der Waals surface area contributed by atoms with Crippen molar-refractivity contribution in [2.24, 2.45) is 5.73 Å². The van der Waals surface area contributed by atoms with E-state index < -0.39 is 0 Å². The minimum atomic E-state index is 0.548. The quantitative estimate of drug-likeness (QED) is 0.153. The van der Waals surface area contributed by atoms with Gasteiger partial charge in [-0.2, -0.15) is 0 Å². The van der Waals surface area contributed by atoms with Crippen LogP contribution in [-0.2, 0) is 0 Å². The van der Waals surface area contributed by atoms with Gasteiger partial charge in [0.2, 0.25) is 0 Å². The second-order valence-corrected chi connectivity index (χ2v) is 8.50. The lowest BCUT2D eigenvalue weighted by atomic mass is 9.88. The summed E-state index contributed by atoms with van der Waals surface area (Å²) in [6, 6.07) is 19.1. The smallest absolute Gasteiger partial charge is 0.160 e. The highest BCUT2D eigenvalue weighted by molar-refractivity contribution is 5.94. The Morgan fingerprint density at radius 2 is 1.86 bits per heavy atom. The summed E-state index contributed by atoms with van der Waals surface area (Å²) in [6.07, 6.45) is 7.04. The first-order valence-corrected chi connectivity index (χ1v) is 11.6. The molecular weight excluding hydrogens is 450 g/mol. The Balaban J connectivity index is 1.52. The maximum atomic E-state index is 7.74. The van der Waals surface area contributed by atoms with Gasteiger partial charge in [-0.15, -0.1) is 5.10 Å². The minimum Gasteiger partial charge on any atom is -0.404 e. The van der Waals surface area contributed by atoms with Crippen molar-refractivity contribution in [1.82, 2.24) is 14.8 Å². The van der Waals surface area contributed by atoms with Crippen LogP contribution >= 0.6 is 0 Å². The molecule has 4 aromatic rings. The lowest BCUT2D eigenvalue weighted by Crippen LogP contribution is -2.14. The van der Waals surface area contributed by atoms with Gasteiger partial charge in [-0.1, -0.05) is 18.2 Å². The number of benzene rings is 2. The number of para-hydroxylation sites is 1. The number of hydrogen-bond acceptors (Lipinski definition) is 8. The highest BCUT2D eigenvalue weighted by atomic mass is 15.3. The fourth-order valence-electron chi connectivity index (χ4n) is 4.16. The number of anilines is 4. The fourth-order valence-corrected chi connectivity index (χ4v) is 4.16. The number of nitrogens with one attached hydrogen (secondary N) is 4. The van der Waals surface area contributed by atoms with Gasteiger partial charge in [0.05, 0.1) is 5.52 Å². The zero-order valence-electron chi connectivity index (χ0n) is 19.6. The van der Waals surface area contributed by atoms with Gasteiger partial charge >= 0.3 is 0 Å². The van der Waals surface area contributed by atoms with Crippen LogP contribution in [-0.4, -0.2) is 27.2 Å². The molecule has 9 heteroatoms. The third-order valence-corrected chi connectivity index (χ3v) is 6.23. The monoisotopic (exact) mass is 477 g/mol. The Bertz CT molecular complexity index is 1520. The number of nitrogens with zero attached hydrogens (tertiary/aromatic N) is 3. The third kappa shape index (κ3) is 4.29. The van der Waals surface area contributed by atoms with Gasteiger partial charge in [0.1, 0.15) is 5.82 Å². The molecule has 180 valence electrons. The molecular formula is C27H27N9. The van der Waals surface area contributed by atoms with Crippen LogP contribution in [0.2, 0.25) is 0 Å². The number of nitrogen functional groups attached to an aromatic ring is 1. The molecule has 0 saturated heterocycles. The average Bonchev–Trinajstić information content (AvgIpc) is 3.23. The van der Waals surface area contributed by atoms with E-state index in [1.54, 1.807) is 10.7 Å². The van der Waals surface area contributed by atoms with Crippen molar-refractivity contribution in [2.75, 3.05) is 16.4 Å². The molecule has 2 aromatic carbocycles. The summed E-state index contributed by atoms with van der Waals surface area (Å²) in [5.41, 5.74) is 17.3. The molecule has 36 heavy (non-hydrogen) atoms. The van der Waals surface area contributed by atoms with E-state index >= 15 is 0 Å². The van der Waals surface area contributed by atoms with Crippen molar-refractivity contribution in [3.05, 3.63) is 89.3 Å².